The molecule has 0 amide bonds. The Morgan fingerprint density at radius 1 is 0.163 bits per heavy atom. The molecule has 6 aromatic heterocycles. The summed E-state index contributed by atoms with van der Waals surface area (Å²) in [6, 6.07) is 150. The summed E-state index contributed by atoms with van der Waals surface area (Å²) in [4.78, 5) is 28.8. The third-order valence-electron chi connectivity index (χ3n) is 28.7. The van der Waals surface area contributed by atoms with Crippen molar-refractivity contribution in [3.05, 3.63) is 460 Å². The Bertz CT molecular complexity index is 9100. The molecule has 6 heterocycles. The van der Waals surface area contributed by atoms with Crippen LogP contribution in [0.25, 0.3) is 253 Å². The van der Waals surface area contributed by atoms with E-state index in [1.807, 2.05) is 85.5 Å². The summed E-state index contributed by atoms with van der Waals surface area (Å²) in [7, 11) is 0. The maximum Gasteiger partial charge on any atom is 0.0900 e. The van der Waals surface area contributed by atoms with Gasteiger partial charge < -0.3 is 0 Å². The van der Waals surface area contributed by atoms with Crippen molar-refractivity contribution in [2.24, 2.45) is 0 Å². The van der Waals surface area contributed by atoms with Gasteiger partial charge in [0.2, 0.25) is 0 Å². The lowest BCUT2D eigenvalue weighted by atomic mass is 9.81. The van der Waals surface area contributed by atoms with Crippen molar-refractivity contribution in [2.45, 2.75) is 85.5 Å². The lowest BCUT2D eigenvalue weighted by molar-refractivity contribution is 0.591. The molecule has 0 atom stereocenters. The van der Waals surface area contributed by atoms with Crippen molar-refractivity contribution in [3.8, 4) is 134 Å². The van der Waals surface area contributed by atoms with Gasteiger partial charge in [0.25, 0.3) is 0 Å². The second kappa shape index (κ2) is 34.9. The molecule has 0 aliphatic rings. The van der Waals surface area contributed by atoms with E-state index in [0.717, 1.165) is 84.1 Å². The van der Waals surface area contributed by atoms with Crippen LogP contribution < -0.4 is 0 Å². The van der Waals surface area contributed by atoms with Crippen LogP contribution in [0, 0.1) is 6.92 Å². The van der Waals surface area contributed by atoms with Crippen molar-refractivity contribution >= 4 is 119 Å². The Morgan fingerprint density at radius 3 is 0.830 bits per heavy atom. The summed E-state index contributed by atoms with van der Waals surface area (Å²) in [5, 5.41) is 27.1. The Labute approximate surface area is 822 Å². The highest BCUT2D eigenvalue weighted by Gasteiger charge is 2.27. The predicted octanol–water partition coefficient (Wildman–Crippen LogP) is 36.6. The topological polar surface area (TPSA) is 77.3 Å². The maximum atomic E-state index is 5.17. The highest BCUT2D eigenvalue weighted by atomic mass is 14.8. The van der Waals surface area contributed by atoms with Crippen molar-refractivity contribution in [1.82, 2.24) is 29.9 Å². The van der Waals surface area contributed by atoms with E-state index in [4.69, 9.17) is 19.9 Å². The van der Waals surface area contributed by atoms with Crippen molar-refractivity contribution in [1.29, 1.82) is 0 Å². The minimum absolute atomic E-state index is 0.0676. The first kappa shape index (κ1) is 86.8. The summed E-state index contributed by atoms with van der Waals surface area (Å²) >= 11 is 0. The normalized spacial score (nSPS) is 12.0. The first-order valence-electron chi connectivity index (χ1n) is 49.0. The molecule has 0 aliphatic carbocycles. The summed E-state index contributed by atoms with van der Waals surface area (Å²) in [5.41, 5.74) is 33.0. The van der Waals surface area contributed by atoms with E-state index in [9.17, 15) is 0 Å². The van der Waals surface area contributed by atoms with Crippen molar-refractivity contribution in [2.75, 3.05) is 0 Å². The molecule has 0 fully saturated rings. The first-order valence-corrected chi connectivity index (χ1v) is 49.0. The summed E-state index contributed by atoms with van der Waals surface area (Å²) in [5.74, 6) is 0. The Balaban J connectivity index is 0.000000115. The third-order valence-corrected chi connectivity index (χ3v) is 28.7. The van der Waals surface area contributed by atoms with Gasteiger partial charge in [-0.2, -0.15) is 0 Å². The van der Waals surface area contributed by atoms with Crippen molar-refractivity contribution in [3.63, 3.8) is 0 Å². The van der Waals surface area contributed by atoms with E-state index in [2.05, 4.69) is 431 Å². The first-order chi connectivity index (χ1) is 68.7. The SMILES string of the molecule is CC(C)(C)c1cc2ccc3c(-c4ccccc4)cc(-c4cc(-c5ccccn5)cc(-c5ccccn5)c4)c4ccc(c1)c2c34.CC(C)(C)c1cc2ccc3c(-c4ccccc4)cc(-c4ccc(-c5cc(-c6ccccn6)nc(-c6ccccn6)c5)cc4)c4ccc(c1)c2c34.Cc1ccc(-c2cc(-c3ccc(-c4ccc5ccc6ccccc6c5n4)cc3)c3ccc4cc(C(C)(C)C)cc5ccc2c3c54)cc1. The van der Waals surface area contributed by atoms with E-state index in [1.165, 1.54) is 191 Å². The maximum absolute atomic E-state index is 5.17. The van der Waals surface area contributed by atoms with Gasteiger partial charge >= 0.3 is 0 Å². The number of fused-ring (bicyclic) bond motifs is 3. The van der Waals surface area contributed by atoms with Gasteiger partial charge in [0.05, 0.1) is 45.4 Å². The summed E-state index contributed by atoms with van der Waals surface area (Å²) < 4.78 is 0. The van der Waals surface area contributed by atoms with E-state index >= 15 is 0 Å². The largest absolute Gasteiger partial charge is 0.256 e. The summed E-state index contributed by atoms with van der Waals surface area (Å²) in [6.45, 7) is 22.8. The molecule has 0 saturated heterocycles. The van der Waals surface area contributed by atoms with E-state index in [0.29, 0.717) is 0 Å². The fourth-order valence-corrected chi connectivity index (χ4v) is 21.3. The minimum atomic E-state index is 0.0676. The molecular weight excluding hydrogens is 1710 g/mol. The van der Waals surface area contributed by atoms with Gasteiger partial charge in [-0.1, -0.05) is 377 Å². The number of hydrogen-bond acceptors (Lipinski definition) is 6. The number of hydrogen-bond donors (Lipinski definition) is 0. The number of rotatable bonds is 12. The molecule has 0 N–H and O–H groups in total. The van der Waals surface area contributed by atoms with Crippen molar-refractivity contribution < 1.29 is 0 Å². The van der Waals surface area contributed by atoms with Crippen LogP contribution in [-0.2, 0) is 16.2 Å². The van der Waals surface area contributed by atoms with Crippen LogP contribution in [0.5, 0.6) is 0 Å². The number of pyridine rings is 6. The molecule has 0 aliphatic heterocycles. The molecule has 26 rings (SSSR count). The smallest absolute Gasteiger partial charge is 0.0900 e. The molecule has 26 aromatic rings. The molecule has 0 bridgehead atoms. The second-order valence-corrected chi connectivity index (χ2v) is 41.0. The standard InChI is InChI=1S/C47H35N3.C46H35N.C42H32N2/c1-47(2,3)36-25-33-19-21-37-39(31-11-5-4-6-12-31)29-40(38-22-20-34(26-36)45(33)46(37)38)32-17-15-30(16-18-32)35-27-43(41-13-7-9-23-48-41)50-44(28-35)42-14-8-10-24-49-42;1-28-9-11-30(12-10-28)40-27-41(39-23-20-35-26-36(46(2,3)4)25-34-19-22-38(40)44(39)43(34)35)31-13-16-32(17-14-31)42-24-21-33-18-15-29-7-5-6-8-37(29)45(33)47-42;1-42(2,3)33-24-28-15-17-34-36(27-11-5-4-6-12-27)26-37(35-18-16-29(25-33)40(28)41(34)35)30-21-31(38-13-7-9-19-43-38)23-32(22-30)39-14-8-10-20-44-39/h4-29H,1-3H3;5-27H,1-4H3;4-26H,1-3H3. The predicted molar refractivity (Wildman–Crippen MR) is 598 cm³/mol. The van der Waals surface area contributed by atoms with Gasteiger partial charge in [0, 0.05) is 52.3 Å². The quantitative estimate of drug-likeness (QED) is 0.113. The Morgan fingerprint density at radius 2 is 0.461 bits per heavy atom. The highest BCUT2D eigenvalue weighted by molar-refractivity contribution is 6.32. The number of aromatic nitrogens is 6. The molecule has 20 aromatic carbocycles. The molecule has 0 radical (unpaired) electrons. The van der Waals surface area contributed by atoms with E-state index in [1.54, 1.807) is 0 Å². The molecule has 0 unspecified atom stereocenters. The van der Waals surface area contributed by atoms with Crippen LogP contribution in [0.4, 0.5) is 0 Å². The van der Waals surface area contributed by atoms with Crippen LogP contribution in [0.15, 0.2) is 437 Å². The molecule has 0 saturated carbocycles. The van der Waals surface area contributed by atoms with Gasteiger partial charge in [-0.3, -0.25) is 19.9 Å². The zero-order chi connectivity index (χ0) is 95.5. The average molecular weight is 1810 g/mol. The molecule has 6 heteroatoms. The van der Waals surface area contributed by atoms with Crippen LogP contribution in [0.3, 0.4) is 0 Å². The van der Waals surface area contributed by atoms with Crippen LogP contribution >= 0.6 is 0 Å². The van der Waals surface area contributed by atoms with Gasteiger partial charge in [0.1, 0.15) is 0 Å². The van der Waals surface area contributed by atoms with Gasteiger partial charge in [0.15, 0.2) is 0 Å². The monoisotopic (exact) mass is 1810 g/mol. The fourth-order valence-electron chi connectivity index (χ4n) is 21.3. The Kier molecular flexibility index (Phi) is 21.5. The molecule has 672 valence electrons. The number of nitrogens with zero attached hydrogens (tertiary/aromatic N) is 6. The van der Waals surface area contributed by atoms with Gasteiger partial charge in [-0.15, -0.1) is 0 Å². The van der Waals surface area contributed by atoms with Crippen LogP contribution in [0.2, 0.25) is 0 Å². The molecule has 6 nitrogen and oxygen atoms in total. The van der Waals surface area contributed by atoms with E-state index < -0.39 is 0 Å². The molecule has 141 heavy (non-hydrogen) atoms. The highest BCUT2D eigenvalue weighted by Crippen LogP contribution is 2.52. The lowest BCUT2D eigenvalue weighted by Crippen LogP contribution is -2.10. The second-order valence-electron chi connectivity index (χ2n) is 41.0. The zero-order valence-corrected chi connectivity index (χ0v) is 80.8. The zero-order valence-electron chi connectivity index (χ0n) is 80.8. The molecule has 0 spiro atoms. The third kappa shape index (κ3) is 16.1. The minimum Gasteiger partial charge on any atom is -0.256 e. The number of aryl methyl sites for hydroxylation is 1. The fraction of sp³-hybridized carbons (Fsp3) is 0.0963. The summed E-state index contributed by atoms with van der Waals surface area (Å²) in [6.07, 6.45) is 7.33. The van der Waals surface area contributed by atoms with Crippen LogP contribution in [0.1, 0.15) is 84.6 Å². The molecular formula is C135H102N6. The lowest BCUT2D eigenvalue weighted by Gasteiger charge is -2.23. The Hall–Kier alpha value is -17.1. The average Bonchev–Trinajstić information content (AvgIpc) is 0.722. The van der Waals surface area contributed by atoms with Gasteiger partial charge in [-0.05, 0) is 323 Å². The number of benzene rings is 20. The van der Waals surface area contributed by atoms with Crippen LogP contribution in [-0.4, -0.2) is 29.9 Å². The van der Waals surface area contributed by atoms with Gasteiger partial charge in [-0.25, -0.2) is 9.97 Å². The van der Waals surface area contributed by atoms with E-state index in [-0.39, 0.29) is 16.2 Å².